The van der Waals surface area contributed by atoms with E-state index in [-0.39, 0.29) is 54.0 Å². The molecule has 0 radical (unpaired) electrons. The number of alkyl carbamates (subject to hydrolysis) is 2. The molecule has 5 aromatic rings. The first kappa shape index (κ1) is 45.4. The van der Waals surface area contributed by atoms with Gasteiger partial charge in [-0.2, -0.15) is 0 Å². The number of H-pyrrole nitrogens is 2. The van der Waals surface area contributed by atoms with E-state index in [0.29, 0.717) is 37.5 Å². The SMILES string of the molecule is CCCCC(NC(=O)C(NC(=O)OC)C(C)C)c1ncc(-c2ccc3c(c2)COc2cc4c(ccc5[nH]c(C6CCC(C)N6C(=O)C(NC(=O)OC)C6CC(C)OC(C)C6)nc54)cc2-3)[nH]1. The highest BCUT2D eigenvalue weighted by molar-refractivity contribution is 6.07. The molecule has 2 saturated heterocycles. The number of hydrogen-bond donors (Lipinski definition) is 5. The lowest BCUT2D eigenvalue weighted by atomic mass is 9.85. The van der Waals surface area contributed by atoms with Crippen molar-refractivity contribution >= 4 is 45.8 Å². The van der Waals surface area contributed by atoms with Crippen LogP contribution in [0.4, 0.5) is 9.59 Å². The smallest absolute Gasteiger partial charge is 0.407 e. The third-order valence-electron chi connectivity index (χ3n) is 13.3. The van der Waals surface area contributed by atoms with Crippen molar-refractivity contribution in [1.82, 2.24) is 40.8 Å². The number of aromatic nitrogens is 4. The minimum atomic E-state index is -0.762. The number of ether oxygens (including phenoxy) is 4. The van der Waals surface area contributed by atoms with E-state index in [1.54, 1.807) is 6.20 Å². The fourth-order valence-electron chi connectivity index (χ4n) is 10.0. The fourth-order valence-corrected chi connectivity index (χ4v) is 10.0. The largest absolute Gasteiger partial charge is 0.488 e. The number of carbonyl (C=O) groups excluding carboxylic acids is 4. The van der Waals surface area contributed by atoms with Crippen molar-refractivity contribution in [2.24, 2.45) is 11.8 Å². The Morgan fingerprint density at radius 3 is 2.38 bits per heavy atom. The van der Waals surface area contributed by atoms with Crippen LogP contribution in [0.25, 0.3) is 44.2 Å². The van der Waals surface area contributed by atoms with Gasteiger partial charge < -0.3 is 49.8 Å². The molecule has 4 amide bonds. The Bertz CT molecular complexity index is 2560. The van der Waals surface area contributed by atoms with Crippen molar-refractivity contribution in [1.29, 1.82) is 0 Å². The number of fused-ring (bicyclic) bond motifs is 6. The number of carbonyl (C=O) groups is 4. The molecular formula is C49H62N8O8. The molecule has 16 heteroatoms. The maximum Gasteiger partial charge on any atom is 0.407 e. The second kappa shape index (κ2) is 19.1. The van der Waals surface area contributed by atoms with Crippen LogP contribution in [0.3, 0.4) is 0 Å². The first-order chi connectivity index (χ1) is 31.3. The molecular weight excluding hydrogens is 829 g/mol. The van der Waals surface area contributed by atoms with Crippen molar-refractivity contribution in [3.63, 3.8) is 0 Å². The van der Waals surface area contributed by atoms with Crippen LogP contribution in [-0.2, 0) is 30.4 Å². The minimum absolute atomic E-state index is 0.0355. The Kier molecular flexibility index (Phi) is 13.4. The number of amides is 4. The van der Waals surface area contributed by atoms with E-state index in [0.717, 1.165) is 81.2 Å². The number of unbranched alkanes of at least 4 members (excludes halogenated alkanes) is 1. The topological polar surface area (TPSA) is 202 Å². The van der Waals surface area contributed by atoms with Crippen LogP contribution in [0, 0.1) is 11.8 Å². The Morgan fingerprint density at radius 2 is 1.66 bits per heavy atom. The summed E-state index contributed by atoms with van der Waals surface area (Å²) in [5, 5.41) is 10.6. The van der Waals surface area contributed by atoms with Gasteiger partial charge in [-0.1, -0.05) is 51.8 Å². The van der Waals surface area contributed by atoms with E-state index in [1.807, 2.05) is 38.7 Å². The molecule has 2 aromatic heterocycles. The highest BCUT2D eigenvalue weighted by Crippen LogP contribution is 2.44. The molecule has 3 aliphatic heterocycles. The van der Waals surface area contributed by atoms with Gasteiger partial charge in [-0.25, -0.2) is 19.6 Å². The molecule has 65 heavy (non-hydrogen) atoms. The van der Waals surface area contributed by atoms with Crippen molar-refractivity contribution in [3.05, 3.63) is 65.9 Å². The Balaban J connectivity index is 1.04. The molecule has 0 saturated carbocycles. The average Bonchev–Trinajstić information content (AvgIpc) is 4.06. The van der Waals surface area contributed by atoms with Crippen molar-refractivity contribution in [2.75, 3.05) is 14.2 Å². The third-order valence-corrected chi connectivity index (χ3v) is 13.3. The summed E-state index contributed by atoms with van der Waals surface area (Å²) in [6.45, 7) is 12.3. The van der Waals surface area contributed by atoms with Crippen LogP contribution < -0.4 is 20.7 Å². The van der Waals surface area contributed by atoms with Crippen LogP contribution in [0.2, 0.25) is 0 Å². The zero-order valence-corrected chi connectivity index (χ0v) is 38.6. The first-order valence-corrected chi connectivity index (χ1v) is 23.0. The summed E-state index contributed by atoms with van der Waals surface area (Å²) >= 11 is 0. The second-order valence-electron chi connectivity index (χ2n) is 18.3. The van der Waals surface area contributed by atoms with E-state index < -0.39 is 24.3 Å². The summed E-state index contributed by atoms with van der Waals surface area (Å²) in [6.07, 6.45) is 5.77. The van der Waals surface area contributed by atoms with Crippen LogP contribution >= 0.6 is 0 Å². The van der Waals surface area contributed by atoms with Crippen molar-refractivity contribution in [2.45, 2.75) is 136 Å². The summed E-state index contributed by atoms with van der Waals surface area (Å²) in [5.74, 6) is 1.42. The summed E-state index contributed by atoms with van der Waals surface area (Å²) in [6, 6.07) is 12.4. The minimum Gasteiger partial charge on any atom is -0.488 e. The predicted octanol–water partition coefficient (Wildman–Crippen LogP) is 8.37. The van der Waals surface area contributed by atoms with E-state index in [1.165, 1.54) is 14.2 Å². The van der Waals surface area contributed by atoms with E-state index in [2.05, 4.69) is 76.2 Å². The summed E-state index contributed by atoms with van der Waals surface area (Å²) < 4.78 is 22.2. The van der Waals surface area contributed by atoms with Crippen molar-refractivity contribution < 1.29 is 38.1 Å². The molecule has 0 aliphatic carbocycles. The van der Waals surface area contributed by atoms with Gasteiger partial charge in [0, 0.05) is 17.0 Å². The molecule has 0 spiro atoms. The maximum atomic E-state index is 14.6. The second-order valence-corrected chi connectivity index (χ2v) is 18.3. The third kappa shape index (κ3) is 9.36. The quantitative estimate of drug-likeness (QED) is 0.0765. The molecule has 16 nitrogen and oxygen atoms in total. The molecule has 7 atom stereocenters. The number of hydrogen-bond acceptors (Lipinski definition) is 10. The molecule has 346 valence electrons. The van der Waals surface area contributed by atoms with Crippen LogP contribution in [0.5, 0.6) is 5.75 Å². The van der Waals surface area contributed by atoms with Crippen LogP contribution in [0.15, 0.2) is 48.7 Å². The van der Waals surface area contributed by atoms with Gasteiger partial charge in [-0.3, -0.25) is 9.59 Å². The average molecular weight is 891 g/mol. The molecule has 0 bridgehead atoms. The number of aromatic amines is 2. The zero-order valence-electron chi connectivity index (χ0n) is 38.6. The number of imidazole rings is 2. The van der Waals surface area contributed by atoms with E-state index in [4.69, 9.17) is 28.9 Å². The van der Waals surface area contributed by atoms with Gasteiger partial charge in [0.1, 0.15) is 36.1 Å². The van der Waals surface area contributed by atoms with Crippen LogP contribution in [0.1, 0.15) is 116 Å². The van der Waals surface area contributed by atoms with Gasteiger partial charge in [0.2, 0.25) is 11.8 Å². The Hall–Kier alpha value is -6.16. The number of rotatable bonds is 13. The lowest BCUT2D eigenvalue weighted by Gasteiger charge is -2.39. The van der Waals surface area contributed by atoms with Gasteiger partial charge in [0.25, 0.3) is 0 Å². The monoisotopic (exact) mass is 890 g/mol. The number of likely N-dealkylation sites (tertiary alicyclic amines) is 1. The highest BCUT2D eigenvalue weighted by Gasteiger charge is 2.44. The number of nitrogens with one attached hydrogen (secondary N) is 5. The Morgan fingerprint density at radius 1 is 0.908 bits per heavy atom. The van der Waals surface area contributed by atoms with Gasteiger partial charge >= 0.3 is 12.2 Å². The maximum absolute atomic E-state index is 14.6. The standard InChI is InChI=1S/C49H62N8O8/c1-9-10-11-37(53-46(58)41(25(2)3)55-48(60)62-7)44-50-23-38(52-44)30-13-15-33-32(20-30)24-64-40-22-34-29(21-35(33)40)14-16-36-43(34)54-45(51-36)39-17-12-26(4)57(39)47(59)42(56-49(61)63-8)31-18-27(5)65-28(6)19-31/h13-16,20-23,25-28,31,37,39,41-42H,9-12,17-19,24H2,1-8H3,(H,50,52)(H,51,54)(H,53,58)(H,55,60)(H,56,61). The normalized spacial score (nSPS) is 21.8. The summed E-state index contributed by atoms with van der Waals surface area (Å²) in [4.78, 5) is 71.4. The van der Waals surface area contributed by atoms with Crippen molar-refractivity contribution in [3.8, 4) is 28.1 Å². The van der Waals surface area contributed by atoms with Gasteiger partial charge in [0.05, 0.1) is 61.4 Å². The summed E-state index contributed by atoms with van der Waals surface area (Å²) in [7, 11) is 2.59. The van der Waals surface area contributed by atoms with Gasteiger partial charge in [0.15, 0.2) is 0 Å². The predicted molar refractivity (Wildman–Crippen MR) is 246 cm³/mol. The lowest BCUT2D eigenvalue weighted by molar-refractivity contribution is -0.140. The van der Waals surface area contributed by atoms with Crippen LogP contribution in [-0.4, -0.2) is 93.4 Å². The molecule has 8 rings (SSSR count). The molecule has 5 N–H and O–H groups in total. The first-order valence-electron chi connectivity index (χ1n) is 23.0. The number of benzene rings is 3. The van der Waals surface area contributed by atoms with E-state index >= 15 is 0 Å². The molecule has 7 unspecified atom stereocenters. The Labute approximate surface area is 379 Å². The molecule has 2 fully saturated rings. The van der Waals surface area contributed by atoms with Gasteiger partial charge in [-0.15, -0.1) is 0 Å². The fraction of sp³-hybridized carbons (Fsp3) is 0.510. The lowest BCUT2D eigenvalue weighted by Crippen LogP contribution is -2.55. The highest BCUT2D eigenvalue weighted by atomic mass is 16.5. The molecule has 5 heterocycles. The van der Waals surface area contributed by atoms with Gasteiger partial charge in [-0.05, 0) is 111 Å². The number of nitrogens with zero attached hydrogens (tertiary/aromatic N) is 3. The number of methoxy groups -OCH3 is 2. The molecule has 3 aliphatic rings. The molecule has 3 aromatic carbocycles. The zero-order chi connectivity index (χ0) is 46.1. The van der Waals surface area contributed by atoms with E-state index in [9.17, 15) is 19.2 Å². The summed E-state index contributed by atoms with van der Waals surface area (Å²) in [5.41, 5.74) is 6.50.